The van der Waals surface area contributed by atoms with Gasteiger partial charge in [0.05, 0.1) is 16.4 Å². The lowest BCUT2D eigenvalue weighted by Crippen LogP contribution is -2.39. The van der Waals surface area contributed by atoms with E-state index in [0.717, 1.165) is 23.0 Å². The van der Waals surface area contributed by atoms with E-state index in [1.807, 2.05) is 17.2 Å². The second-order valence-electron chi connectivity index (χ2n) is 7.51. The summed E-state index contributed by atoms with van der Waals surface area (Å²) in [7, 11) is 3.45. The molecule has 11 heteroatoms. The van der Waals surface area contributed by atoms with Crippen molar-refractivity contribution in [1.29, 1.82) is 0 Å². The first-order chi connectivity index (χ1) is 14.7. The normalized spacial score (nSPS) is 14.9. The molecule has 2 aromatic rings. The van der Waals surface area contributed by atoms with Gasteiger partial charge < -0.3 is 9.80 Å². The van der Waals surface area contributed by atoms with Gasteiger partial charge in [0.15, 0.2) is 4.34 Å². The summed E-state index contributed by atoms with van der Waals surface area (Å²) in [5, 5.41) is 13.5. The van der Waals surface area contributed by atoms with E-state index in [2.05, 4.69) is 4.98 Å². The van der Waals surface area contributed by atoms with Gasteiger partial charge in [0, 0.05) is 63.0 Å². The van der Waals surface area contributed by atoms with Gasteiger partial charge in [0.1, 0.15) is 0 Å². The van der Waals surface area contributed by atoms with Crippen LogP contribution in [0, 0.1) is 17.0 Å². The molecule has 9 nitrogen and oxygen atoms in total. The maximum absolute atomic E-state index is 13.0. The summed E-state index contributed by atoms with van der Waals surface area (Å²) < 4.78 is 0.722. The number of aromatic nitrogens is 1. The summed E-state index contributed by atoms with van der Waals surface area (Å²) in [6.45, 7) is 4.53. The molecular weight excluding hydrogens is 438 g/mol. The van der Waals surface area contributed by atoms with Crippen LogP contribution in [-0.4, -0.2) is 83.2 Å². The van der Waals surface area contributed by atoms with Gasteiger partial charge in [-0.05, 0) is 25.5 Å². The number of nitro groups is 1. The molecule has 0 saturated carbocycles. The minimum Gasteiger partial charge on any atom is -0.348 e. The molecule has 1 aromatic heterocycles. The van der Waals surface area contributed by atoms with Crippen LogP contribution in [0.3, 0.4) is 0 Å². The third-order valence-electron chi connectivity index (χ3n) is 4.93. The van der Waals surface area contributed by atoms with Crippen LogP contribution in [0.1, 0.15) is 22.5 Å². The molecule has 1 saturated heterocycles. The van der Waals surface area contributed by atoms with Crippen molar-refractivity contribution < 1.29 is 14.5 Å². The van der Waals surface area contributed by atoms with Crippen molar-refractivity contribution in [3.05, 3.63) is 45.0 Å². The Kier molecular flexibility index (Phi) is 7.63. The van der Waals surface area contributed by atoms with Crippen molar-refractivity contribution in [3.63, 3.8) is 0 Å². The SMILES string of the molecule is Cc1csc(Sc2ccc(C(=O)N3CCCN(CC(=O)N(C)C)CC3)cc2[N+](=O)[O-])n1. The van der Waals surface area contributed by atoms with Crippen molar-refractivity contribution in [2.75, 3.05) is 46.8 Å². The molecule has 2 amide bonds. The number of benzene rings is 1. The van der Waals surface area contributed by atoms with Crippen molar-refractivity contribution in [3.8, 4) is 0 Å². The highest BCUT2D eigenvalue weighted by Gasteiger charge is 2.25. The lowest BCUT2D eigenvalue weighted by atomic mass is 10.1. The molecule has 0 aliphatic carbocycles. The summed E-state index contributed by atoms with van der Waals surface area (Å²) in [6.07, 6.45) is 0.742. The van der Waals surface area contributed by atoms with Crippen molar-refractivity contribution in [2.45, 2.75) is 22.6 Å². The van der Waals surface area contributed by atoms with E-state index >= 15 is 0 Å². The number of nitro benzene ring substituents is 1. The van der Waals surface area contributed by atoms with Crippen LogP contribution in [-0.2, 0) is 4.79 Å². The van der Waals surface area contributed by atoms with Crippen molar-refractivity contribution >= 4 is 40.6 Å². The van der Waals surface area contributed by atoms with Gasteiger partial charge in [-0.3, -0.25) is 24.6 Å². The Morgan fingerprint density at radius 3 is 2.68 bits per heavy atom. The van der Waals surface area contributed by atoms with Crippen LogP contribution in [0.5, 0.6) is 0 Å². The number of rotatable bonds is 6. The highest BCUT2D eigenvalue weighted by Crippen LogP contribution is 2.37. The lowest BCUT2D eigenvalue weighted by molar-refractivity contribution is -0.387. The van der Waals surface area contributed by atoms with Gasteiger partial charge in [-0.25, -0.2) is 4.98 Å². The number of hydrogen-bond acceptors (Lipinski definition) is 8. The number of nitrogens with zero attached hydrogens (tertiary/aromatic N) is 5. The van der Waals surface area contributed by atoms with E-state index in [1.54, 1.807) is 36.0 Å². The topological polar surface area (TPSA) is 99.9 Å². The minimum absolute atomic E-state index is 0.0268. The second kappa shape index (κ2) is 10.2. The van der Waals surface area contributed by atoms with Gasteiger partial charge >= 0.3 is 0 Å². The second-order valence-corrected chi connectivity index (χ2v) is 9.65. The summed E-state index contributed by atoms with van der Waals surface area (Å²) >= 11 is 2.66. The minimum atomic E-state index is -0.462. The number of carbonyl (C=O) groups is 2. The summed E-state index contributed by atoms with van der Waals surface area (Å²) in [6, 6.07) is 4.60. The molecule has 166 valence electrons. The highest BCUT2D eigenvalue weighted by atomic mass is 32.2. The number of amides is 2. The summed E-state index contributed by atoms with van der Waals surface area (Å²) in [4.78, 5) is 46.3. The smallest absolute Gasteiger partial charge is 0.284 e. The standard InChI is InChI=1S/C20H25N5O4S2/c1-14-13-30-20(21-14)31-17-6-5-15(11-16(17)25(28)29)19(27)24-8-4-7-23(9-10-24)12-18(26)22(2)3/h5-6,11,13H,4,7-10,12H2,1-3H3. The number of likely N-dealkylation sites (N-methyl/N-ethyl adjacent to an activating group) is 1. The van der Waals surface area contributed by atoms with Crippen molar-refractivity contribution in [2.24, 2.45) is 0 Å². The van der Waals surface area contributed by atoms with Crippen LogP contribution in [0.15, 0.2) is 32.8 Å². The third-order valence-corrected chi connectivity index (χ3v) is 7.05. The molecule has 0 N–H and O–H groups in total. The Bertz CT molecular complexity index is 978. The Balaban J connectivity index is 1.71. The number of aryl methyl sites for hydroxylation is 1. The van der Waals surface area contributed by atoms with Crippen molar-refractivity contribution in [1.82, 2.24) is 19.7 Å². The van der Waals surface area contributed by atoms with Gasteiger partial charge in [-0.15, -0.1) is 11.3 Å². The number of carbonyl (C=O) groups excluding carboxylic acids is 2. The van der Waals surface area contributed by atoms with Gasteiger partial charge in [-0.2, -0.15) is 0 Å². The van der Waals surface area contributed by atoms with E-state index < -0.39 is 4.92 Å². The average molecular weight is 464 g/mol. The molecule has 1 fully saturated rings. The molecule has 0 atom stereocenters. The van der Waals surface area contributed by atoms with Crippen LogP contribution < -0.4 is 0 Å². The van der Waals surface area contributed by atoms with Gasteiger partial charge in [0.2, 0.25) is 5.91 Å². The summed E-state index contributed by atoms with van der Waals surface area (Å²) in [5.41, 5.74) is 1.06. The van der Waals surface area contributed by atoms with E-state index in [4.69, 9.17) is 0 Å². The molecule has 1 aliphatic heterocycles. The first-order valence-electron chi connectivity index (χ1n) is 9.85. The lowest BCUT2D eigenvalue weighted by Gasteiger charge is -2.23. The number of thiazole rings is 1. The van der Waals surface area contributed by atoms with Gasteiger partial charge in [0.25, 0.3) is 11.6 Å². The Labute approximate surface area is 189 Å². The fourth-order valence-electron chi connectivity index (χ4n) is 3.20. The Morgan fingerprint density at radius 1 is 1.26 bits per heavy atom. The summed E-state index contributed by atoms with van der Waals surface area (Å²) in [5.74, 6) is -0.204. The van der Waals surface area contributed by atoms with E-state index in [9.17, 15) is 19.7 Å². The predicted octanol–water partition coefficient (Wildman–Crippen LogP) is 2.75. The molecule has 0 bridgehead atoms. The van der Waals surface area contributed by atoms with E-state index in [1.165, 1.54) is 29.2 Å². The molecule has 31 heavy (non-hydrogen) atoms. The molecular formula is C20H25N5O4S2. The molecule has 0 unspecified atom stereocenters. The average Bonchev–Trinajstić information content (AvgIpc) is 2.99. The van der Waals surface area contributed by atoms with E-state index in [0.29, 0.717) is 36.6 Å². The van der Waals surface area contributed by atoms with Crippen LogP contribution >= 0.6 is 23.1 Å². The number of hydrogen-bond donors (Lipinski definition) is 0. The van der Waals surface area contributed by atoms with Crippen LogP contribution in [0.25, 0.3) is 0 Å². The van der Waals surface area contributed by atoms with Crippen LogP contribution in [0.4, 0.5) is 5.69 Å². The molecule has 1 aliphatic rings. The maximum atomic E-state index is 13.0. The molecule has 0 radical (unpaired) electrons. The quantitative estimate of drug-likeness (QED) is 0.480. The zero-order valence-electron chi connectivity index (χ0n) is 17.7. The first-order valence-corrected chi connectivity index (χ1v) is 11.5. The molecule has 2 heterocycles. The molecule has 0 spiro atoms. The molecule has 3 rings (SSSR count). The zero-order valence-corrected chi connectivity index (χ0v) is 19.4. The van der Waals surface area contributed by atoms with Gasteiger partial charge in [-0.1, -0.05) is 11.8 Å². The Hall–Kier alpha value is -2.50. The Morgan fingerprint density at radius 2 is 2.03 bits per heavy atom. The molecule has 1 aromatic carbocycles. The monoisotopic (exact) mass is 463 g/mol. The van der Waals surface area contributed by atoms with Crippen LogP contribution in [0.2, 0.25) is 0 Å². The maximum Gasteiger partial charge on any atom is 0.284 e. The fraction of sp³-hybridized carbons (Fsp3) is 0.450. The van der Waals surface area contributed by atoms with E-state index in [-0.39, 0.29) is 17.5 Å². The zero-order chi connectivity index (χ0) is 22.5. The predicted molar refractivity (Wildman–Crippen MR) is 120 cm³/mol. The first kappa shape index (κ1) is 23.2. The third kappa shape index (κ3) is 6.02. The fourth-order valence-corrected chi connectivity index (χ4v) is 5.08. The highest BCUT2D eigenvalue weighted by molar-refractivity contribution is 8.01. The largest absolute Gasteiger partial charge is 0.348 e.